The van der Waals surface area contributed by atoms with E-state index in [-0.39, 0.29) is 5.97 Å². The number of nitrogens with zero attached hydrogens (tertiary/aromatic N) is 2. The SMILES string of the molecule is COC(=O)C(Sc1nc2c(C(N)=O)cccc2[nH]1)c1ccc(CN2CC=C(c3ccccc3)CC2)cc1. The molecule has 1 aliphatic rings. The molecule has 1 unspecified atom stereocenters. The average Bonchev–Trinajstić information content (AvgIpc) is 3.35. The first-order valence-corrected chi connectivity index (χ1v) is 13.0. The summed E-state index contributed by atoms with van der Waals surface area (Å²) in [5.74, 6) is -0.919. The highest BCUT2D eigenvalue weighted by atomic mass is 32.2. The smallest absolute Gasteiger partial charge is 0.323 e. The molecule has 5 rings (SSSR count). The van der Waals surface area contributed by atoms with Gasteiger partial charge in [0.2, 0.25) is 0 Å². The second kappa shape index (κ2) is 11.0. The van der Waals surface area contributed by atoms with Crippen molar-refractivity contribution in [2.45, 2.75) is 23.4 Å². The van der Waals surface area contributed by atoms with Crippen LogP contribution in [0.3, 0.4) is 0 Å². The van der Waals surface area contributed by atoms with Crippen LogP contribution in [0, 0.1) is 0 Å². The molecule has 1 atom stereocenters. The fourth-order valence-corrected chi connectivity index (χ4v) is 5.58. The van der Waals surface area contributed by atoms with E-state index in [1.807, 2.05) is 24.3 Å². The van der Waals surface area contributed by atoms with Crippen molar-refractivity contribution in [1.29, 1.82) is 0 Å². The molecule has 0 bridgehead atoms. The summed E-state index contributed by atoms with van der Waals surface area (Å²) in [6, 6.07) is 23.8. The third-order valence-corrected chi connectivity index (χ3v) is 7.64. The predicted octanol–water partition coefficient (Wildman–Crippen LogP) is 4.96. The van der Waals surface area contributed by atoms with Crippen LogP contribution in [0.25, 0.3) is 16.6 Å². The first kappa shape index (κ1) is 24.8. The highest BCUT2D eigenvalue weighted by Crippen LogP contribution is 2.36. The lowest BCUT2D eigenvalue weighted by Gasteiger charge is -2.26. The molecule has 188 valence electrons. The molecule has 4 aromatic rings. The van der Waals surface area contributed by atoms with Gasteiger partial charge in [0, 0.05) is 19.6 Å². The van der Waals surface area contributed by atoms with E-state index in [1.165, 1.54) is 35.6 Å². The van der Waals surface area contributed by atoms with E-state index >= 15 is 0 Å². The van der Waals surface area contributed by atoms with Crippen LogP contribution >= 0.6 is 11.8 Å². The molecule has 8 heteroatoms. The zero-order chi connectivity index (χ0) is 25.8. The maximum absolute atomic E-state index is 12.7. The number of aromatic amines is 1. The van der Waals surface area contributed by atoms with Crippen LogP contribution in [-0.2, 0) is 16.1 Å². The van der Waals surface area contributed by atoms with E-state index in [0.717, 1.165) is 31.6 Å². The van der Waals surface area contributed by atoms with Crippen molar-refractivity contribution in [3.05, 3.63) is 101 Å². The highest BCUT2D eigenvalue weighted by molar-refractivity contribution is 8.00. The van der Waals surface area contributed by atoms with E-state index in [4.69, 9.17) is 10.5 Å². The number of esters is 1. The minimum Gasteiger partial charge on any atom is -0.468 e. The molecule has 1 aromatic heterocycles. The number of hydrogen-bond acceptors (Lipinski definition) is 6. The van der Waals surface area contributed by atoms with E-state index in [9.17, 15) is 9.59 Å². The van der Waals surface area contributed by atoms with E-state index in [1.54, 1.807) is 12.1 Å². The van der Waals surface area contributed by atoms with Crippen molar-refractivity contribution in [3.63, 3.8) is 0 Å². The molecule has 37 heavy (non-hydrogen) atoms. The first-order chi connectivity index (χ1) is 18.0. The van der Waals surface area contributed by atoms with Gasteiger partial charge in [-0.25, -0.2) is 4.98 Å². The lowest BCUT2D eigenvalue weighted by Crippen LogP contribution is -2.28. The maximum Gasteiger partial charge on any atom is 0.323 e. The third-order valence-electron chi connectivity index (χ3n) is 6.53. The van der Waals surface area contributed by atoms with Crippen LogP contribution in [-0.4, -0.2) is 46.9 Å². The summed E-state index contributed by atoms with van der Waals surface area (Å²) >= 11 is 1.25. The van der Waals surface area contributed by atoms with Crippen LogP contribution in [0.2, 0.25) is 0 Å². The van der Waals surface area contributed by atoms with Gasteiger partial charge < -0.3 is 15.5 Å². The Hall–Kier alpha value is -3.88. The van der Waals surface area contributed by atoms with Gasteiger partial charge in [-0.05, 0) is 40.8 Å². The number of ether oxygens (including phenoxy) is 1. The Morgan fingerprint density at radius 1 is 1.08 bits per heavy atom. The van der Waals surface area contributed by atoms with Crippen molar-refractivity contribution in [1.82, 2.24) is 14.9 Å². The number of fused-ring (bicyclic) bond motifs is 1. The number of imidazole rings is 1. The van der Waals surface area contributed by atoms with Gasteiger partial charge >= 0.3 is 5.97 Å². The number of thioether (sulfide) groups is 1. The minimum atomic E-state index is -0.608. The van der Waals surface area contributed by atoms with Gasteiger partial charge in [-0.15, -0.1) is 0 Å². The number of amides is 1. The van der Waals surface area contributed by atoms with Gasteiger partial charge in [0.05, 0.1) is 18.2 Å². The first-order valence-electron chi connectivity index (χ1n) is 12.1. The number of nitrogens with one attached hydrogen (secondary N) is 1. The quantitative estimate of drug-likeness (QED) is 0.256. The van der Waals surface area contributed by atoms with Gasteiger partial charge in [-0.1, -0.05) is 78.5 Å². The van der Waals surface area contributed by atoms with Gasteiger partial charge in [0.25, 0.3) is 5.91 Å². The number of nitrogens with two attached hydrogens (primary N) is 1. The molecule has 3 aromatic carbocycles. The number of hydrogen-bond donors (Lipinski definition) is 2. The molecular formula is C29H28N4O3S. The fourth-order valence-electron chi connectivity index (χ4n) is 4.56. The van der Waals surface area contributed by atoms with Crippen LogP contribution < -0.4 is 5.73 Å². The van der Waals surface area contributed by atoms with Gasteiger partial charge in [0.1, 0.15) is 10.8 Å². The Balaban J connectivity index is 1.29. The average molecular weight is 513 g/mol. The van der Waals surface area contributed by atoms with Crippen molar-refractivity contribution in [2.75, 3.05) is 20.2 Å². The lowest BCUT2D eigenvalue weighted by molar-refractivity contribution is -0.140. The van der Waals surface area contributed by atoms with E-state index in [2.05, 4.69) is 57.3 Å². The minimum absolute atomic E-state index is 0.336. The monoisotopic (exact) mass is 512 g/mol. The number of carbonyl (C=O) groups is 2. The molecule has 2 heterocycles. The standard InChI is InChI=1S/C29H28N4O3S/c1-36-28(35)26(37-29-31-24-9-5-8-23(27(30)34)25(24)32-29)22-12-10-19(11-13-22)18-33-16-14-21(15-17-33)20-6-3-2-4-7-20/h2-14,26H,15-18H2,1H3,(H2,30,34)(H,31,32). The second-order valence-corrected chi connectivity index (χ2v) is 10.0. The van der Waals surface area contributed by atoms with Gasteiger partial charge in [0.15, 0.2) is 5.16 Å². The van der Waals surface area contributed by atoms with Crippen LogP contribution in [0.15, 0.2) is 84.0 Å². The van der Waals surface area contributed by atoms with Gasteiger partial charge in [-0.3, -0.25) is 14.5 Å². The van der Waals surface area contributed by atoms with Crippen LogP contribution in [0.5, 0.6) is 0 Å². The number of H-pyrrole nitrogens is 1. The molecule has 0 radical (unpaired) electrons. The Morgan fingerprint density at radius 3 is 2.54 bits per heavy atom. The molecule has 3 N–H and O–H groups in total. The van der Waals surface area contributed by atoms with Crippen molar-refractivity contribution in [2.24, 2.45) is 5.73 Å². The van der Waals surface area contributed by atoms with Crippen molar-refractivity contribution < 1.29 is 14.3 Å². The summed E-state index contributed by atoms with van der Waals surface area (Å²) in [5, 5.41) is -0.0968. The third kappa shape index (κ3) is 5.60. The summed E-state index contributed by atoms with van der Waals surface area (Å²) in [6.07, 6.45) is 3.34. The molecule has 7 nitrogen and oxygen atoms in total. The molecule has 0 spiro atoms. The zero-order valence-corrected chi connectivity index (χ0v) is 21.3. The number of carbonyl (C=O) groups excluding carboxylic acids is 2. The number of benzene rings is 3. The lowest BCUT2D eigenvalue weighted by atomic mass is 9.99. The van der Waals surface area contributed by atoms with Gasteiger partial charge in [-0.2, -0.15) is 0 Å². The molecular weight excluding hydrogens is 484 g/mol. The Labute approximate surface area is 219 Å². The summed E-state index contributed by atoms with van der Waals surface area (Å²) in [6.45, 7) is 2.75. The van der Waals surface area contributed by atoms with E-state index < -0.39 is 11.2 Å². The van der Waals surface area contributed by atoms with E-state index in [0.29, 0.717) is 21.8 Å². The highest BCUT2D eigenvalue weighted by Gasteiger charge is 2.25. The number of primary amides is 1. The molecule has 0 fully saturated rings. The van der Waals surface area contributed by atoms with Crippen LogP contribution in [0.1, 0.15) is 38.7 Å². The number of rotatable bonds is 8. The molecule has 1 amide bonds. The summed E-state index contributed by atoms with van der Waals surface area (Å²) in [7, 11) is 1.38. The fraction of sp³-hybridized carbons (Fsp3) is 0.207. The number of methoxy groups -OCH3 is 1. The van der Waals surface area contributed by atoms with Crippen molar-refractivity contribution >= 4 is 40.2 Å². The molecule has 0 saturated carbocycles. The van der Waals surface area contributed by atoms with Crippen LogP contribution in [0.4, 0.5) is 0 Å². The topological polar surface area (TPSA) is 101 Å². The summed E-state index contributed by atoms with van der Waals surface area (Å²) in [5.41, 5.74) is 11.7. The number of para-hydroxylation sites is 1. The Bertz CT molecular complexity index is 1450. The van der Waals surface area contributed by atoms with Crippen molar-refractivity contribution in [3.8, 4) is 0 Å². The molecule has 1 aliphatic heterocycles. The number of aromatic nitrogens is 2. The molecule has 0 aliphatic carbocycles. The Morgan fingerprint density at radius 2 is 1.86 bits per heavy atom. The predicted molar refractivity (Wildman–Crippen MR) is 146 cm³/mol. The second-order valence-electron chi connectivity index (χ2n) is 8.95. The summed E-state index contributed by atoms with van der Waals surface area (Å²) < 4.78 is 5.08. The zero-order valence-electron chi connectivity index (χ0n) is 20.5. The normalized spacial score (nSPS) is 14.8. The Kier molecular flexibility index (Phi) is 7.39. The summed E-state index contributed by atoms with van der Waals surface area (Å²) in [4.78, 5) is 34.6. The maximum atomic E-state index is 12.7. The molecule has 0 saturated heterocycles. The largest absolute Gasteiger partial charge is 0.468 e.